The highest BCUT2D eigenvalue weighted by Gasteiger charge is 2.25. The third kappa shape index (κ3) is 4.00. The van der Waals surface area contributed by atoms with Gasteiger partial charge in [0.2, 0.25) is 10.0 Å². The molecule has 1 aliphatic rings. The molecule has 0 bridgehead atoms. The number of benzene rings is 1. The molecule has 1 aliphatic heterocycles. The summed E-state index contributed by atoms with van der Waals surface area (Å²) in [5.74, 6) is 0.719. The Morgan fingerprint density at radius 3 is 2.57 bits per heavy atom. The van der Waals surface area contributed by atoms with E-state index in [1.54, 1.807) is 6.92 Å². The Labute approximate surface area is 136 Å². The second-order valence-electron chi connectivity index (χ2n) is 4.89. The van der Waals surface area contributed by atoms with Gasteiger partial charge in [0, 0.05) is 10.5 Å². The molecule has 0 unspecified atom stereocenters. The van der Waals surface area contributed by atoms with Crippen molar-refractivity contribution in [2.45, 2.75) is 30.7 Å². The van der Waals surface area contributed by atoms with Gasteiger partial charge < -0.3 is 5.11 Å². The summed E-state index contributed by atoms with van der Waals surface area (Å²) in [4.78, 5) is 11.1. The van der Waals surface area contributed by atoms with Gasteiger partial charge in [-0.05, 0) is 49.0 Å². The second kappa shape index (κ2) is 6.68. The van der Waals surface area contributed by atoms with Gasteiger partial charge in [-0.15, -0.1) is 0 Å². The van der Waals surface area contributed by atoms with Gasteiger partial charge in [0.05, 0.1) is 10.5 Å². The number of thioether (sulfide) groups is 1. The fraction of sp³-hybridized carbons (Fsp3) is 0.462. The molecule has 1 aromatic carbocycles. The number of aromatic carboxylic acids is 1. The Hall–Kier alpha value is -0.570. The number of carboxylic acids is 1. The van der Waals surface area contributed by atoms with Crippen LogP contribution in [-0.4, -0.2) is 37.0 Å². The molecule has 116 valence electrons. The van der Waals surface area contributed by atoms with Crippen LogP contribution in [0.2, 0.25) is 0 Å². The van der Waals surface area contributed by atoms with E-state index in [-0.39, 0.29) is 16.5 Å². The van der Waals surface area contributed by atoms with E-state index in [1.807, 2.05) is 11.8 Å². The molecule has 0 saturated carbocycles. The summed E-state index contributed by atoms with van der Waals surface area (Å²) in [6.45, 7) is 1.65. The predicted octanol–water partition coefficient (Wildman–Crippen LogP) is 2.63. The summed E-state index contributed by atoms with van der Waals surface area (Å²) in [6.07, 6.45) is 1.59. The molecule has 5 nitrogen and oxygen atoms in total. The van der Waals surface area contributed by atoms with E-state index in [0.29, 0.717) is 10.0 Å². The molecule has 1 aromatic rings. The molecule has 0 aromatic heterocycles. The van der Waals surface area contributed by atoms with Crippen LogP contribution < -0.4 is 4.72 Å². The molecule has 1 saturated heterocycles. The summed E-state index contributed by atoms with van der Waals surface area (Å²) in [6, 6.07) is 2.54. The lowest BCUT2D eigenvalue weighted by Gasteiger charge is -2.23. The van der Waals surface area contributed by atoms with Crippen LogP contribution in [0.1, 0.15) is 28.8 Å². The zero-order valence-corrected chi connectivity index (χ0v) is 14.6. The number of nitrogens with one attached hydrogen (secondary N) is 1. The largest absolute Gasteiger partial charge is 0.478 e. The SMILES string of the molecule is Cc1c(Br)cc(C(=O)O)cc1S(=O)(=O)NC1CCSCC1. The van der Waals surface area contributed by atoms with Gasteiger partial charge in [-0.2, -0.15) is 11.8 Å². The summed E-state index contributed by atoms with van der Waals surface area (Å²) in [7, 11) is -3.72. The Morgan fingerprint density at radius 2 is 2.00 bits per heavy atom. The first kappa shape index (κ1) is 16.8. The minimum Gasteiger partial charge on any atom is -0.478 e. The van der Waals surface area contributed by atoms with E-state index in [1.165, 1.54) is 12.1 Å². The van der Waals surface area contributed by atoms with Gasteiger partial charge in [-0.1, -0.05) is 15.9 Å². The quantitative estimate of drug-likeness (QED) is 0.821. The summed E-state index contributed by atoms with van der Waals surface area (Å²) >= 11 is 5.04. The van der Waals surface area contributed by atoms with Crippen LogP contribution in [0.15, 0.2) is 21.5 Å². The number of sulfonamides is 1. The van der Waals surface area contributed by atoms with Crippen molar-refractivity contribution in [3.8, 4) is 0 Å². The van der Waals surface area contributed by atoms with Crippen LogP contribution in [0.4, 0.5) is 0 Å². The lowest BCUT2D eigenvalue weighted by Crippen LogP contribution is -2.37. The third-order valence-corrected chi connectivity index (χ3v) is 6.90. The minimum atomic E-state index is -3.72. The first-order chi connectivity index (χ1) is 9.81. The monoisotopic (exact) mass is 393 g/mol. The number of rotatable bonds is 4. The number of hydrogen-bond donors (Lipinski definition) is 2. The Kier molecular flexibility index (Phi) is 5.34. The van der Waals surface area contributed by atoms with Gasteiger partial charge in [0.15, 0.2) is 0 Å². The van der Waals surface area contributed by atoms with Gasteiger partial charge in [-0.3, -0.25) is 0 Å². The van der Waals surface area contributed by atoms with Crippen molar-refractivity contribution in [3.05, 3.63) is 27.7 Å². The van der Waals surface area contributed by atoms with Crippen LogP contribution in [-0.2, 0) is 10.0 Å². The number of carbonyl (C=O) groups is 1. The first-order valence-corrected chi connectivity index (χ1v) is 9.88. The van der Waals surface area contributed by atoms with E-state index in [0.717, 1.165) is 24.3 Å². The fourth-order valence-electron chi connectivity index (χ4n) is 2.15. The van der Waals surface area contributed by atoms with Crippen molar-refractivity contribution in [1.82, 2.24) is 4.72 Å². The van der Waals surface area contributed by atoms with E-state index in [9.17, 15) is 13.2 Å². The molecule has 2 N–H and O–H groups in total. The van der Waals surface area contributed by atoms with E-state index < -0.39 is 16.0 Å². The van der Waals surface area contributed by atoms with Crippen LogP contribution in [0.5, 0.6) is 0 Å². The lowest BCUT2D eigenvalue weighted by molar-refractivity contribution is 0.0696. The molecule has 1 heterocycles. The highest BCUT2D eigenvalue weighted by molar-refractivity contribution is 9.10. The molecular formula is C13H16BrNO4S2. The maximum absolute atomic E-state index is 12.5. The van der Waals surface area contributed by atoms with Crippen LogP contribution >= 0.6 is 27.7 Å². The van der Waals surface area contributed by atoms with E-state index in [2.05, 4.69) is 20.7 Å². The van der Waals surface area contributed by atoms with Crippen LogP contribution in [0, 0.1) is 6.92 Å². The van der Waals surface area contributed by atoms with Gasteiger partial charge in [0.1, 0.15) is 0 Å². The van der Waals surface area contributed by atoms with Crippen molar-refractivity contribution in [1.29, 1.82) is 0 Å². The maximum atomic E-state index is 12.5. The average molecular weight is 394 g/mol. The van der Waals surface area contributed by atoms with Crippen molar-refractivity contribution in [3.63, 3.8) is 0 Å². The zero-order valence-electron chi connectivity index (χ0n) is 11.4. The molecule has 1 fully saturated rings. The molecule has 0 radical (unpaired) electrons. The predicted molar refractivity (Wildman–Crippen MR) is 86.5 cm³/mol. The molecule has 8 heteroatoms. The molecule has 0 amide bonds. The highest BCUT2D eigenvalue weighted by Crippen LogP contribution is 2.27. The number of hydrogen-bond acceptors (Lipinski definition) is 4. The zero-order chi connectivity index (χ0) is 15.6. The van der Waals surface area contributed by atoms with Crippen molar-refractivity contribution in [2.24, 2.45) is 0 Å². The van der Waals surface area contributed by atoms with Crippen LogP contribution in [0.25, 0.3) is 0 Å². The Balaban J connectivity index is 2.36. The first-order valence-electron chi connectivity index (χ1n) is 6.45. The van der Waals surface area contributed by atoms with Gasteiger partial charge >= 0.3 is 5.97 Å². The van der Waals surface area contributed by atoms with Crippen LogP contribution in [0.3, 0.4) is 0 Å². The minimum absolute atomic E-state index is 0.0208. The maximum Gasteiger partial charge on any atom is 0.335 e. The molecular weight excluding hydrogens is 378 g/mol. The number of halogens is 1. The molecule has 0 aliphatic carbocycles. The summed E-state index contributed by atoms with van der Waals surface area (Å²) in [5.41, 5.74) is 0.463. The lowest BCUT2D eigenvalue weighted by atomic mass is 10.1. The smallest absolute Gasteiger partial charge is 0.335 e. The Morgan fingerprint density at radius 1 is 1.38 bits per heavy atom. The molecule has 0 spiro atoms. The standard InChI is InChI=1S/C13H16BrNO4S2/c1-8-11(14)6-9(13(16)17)7-12(8)21(18,19)15-10-2-4-20-5-3-10/h6-7,10,15H,2-5H2,1H3,(H,16,17). The number of carboxylic acid groups (broad SMARTS) is 1. The molecule has 2 rings (SSSR count). The fourth-order valence-corrected chi connectivity index (χ4v) is 5.45. The van der Waals surface area contributed by atoms with Crippen molar-refractivity contribution in [2.75, 3.05) is 11.5 Å². The Bertz CT molecular complexity index is 654. The summed E-state index contributed by atoms with van der Waals surface area (Å²) < 4.78 is 28.2. The molecule has 0 atom stereocenters. The molecule has 21 heavy (non-hydrogen) atoms. The second-order valence-corrected chi connectivity index (χ2v) is 8.66. The van der Waals surface area contributed by atoms with Gasteiger partial charge in [-0.25, -0.2) is 17.9 Å². The summed E-state index contributed by atoms with van der Waals surface area (Å²) in [5, 5.41) is 9.07. The average Bonchev–Trinajstić information content (AvgIpc) is 2.41. The third-order valence-electron chi connectivity index (χ3n) is 3.38. The highest BCUT2D eigenvalue weighted by atomic mass is 79.9. The van der Waals surface area contributed by atoms with E-state index >= 15 is 0 Å². The van der Waals surface area contributed by atoms with E-state index in [4.69, 9.17) is 5.11 Å². The van der Waals surface area contributed by atoms with Crippen molar-refractivity contribution >= 4 is 43.7 Å². The topological polar surface area (TPSA) is 83.5 Å². The van der Waals surface area contributed by atoms with Gasteiger partial charge in [0.25, 0.3) is 0 Å². The van der Waals surface area contributed by atoms with Crippen molar-refractivity contribution < 1.29 is 18.3 Å². The normalized spacial score (nSPS) is 16.9.